The van der Waals surface area contributed by atoms with Gasteiger partial charge in [0.2, 0.25) is 0 Å². The maximum atomic E-state index is 12.3. The Kier molecular flexibility index (Phi) is 7.50. The smallest absolute Gasteiger partial charge is 0.271 e. The third-order valence-corrected chi connectivity index (χ3v) is 5.75. The number of nitrogens with one attached hydrogen (secondary N) is 1. The van der Waals surface area contributed by atoms with Gasteiger partial charge in [-0.1, -0.05) is 57.3 Å². The number of rotatable bonds is 7. The molecule has 0 aliphatic carbocycles. The lowest BCUT2D eigenvalue weighted by Crippen LogP contribution is -2.17. The molecular formula is C25H17BrCl2N2O3. The Bertz CT molecular complexity index is 1290. The number of benzene rings is 3. The number of hydrogen-bond acceptors (Lipinski definition) is 4. The van der Waals surface area contributed by atoms with Crippen molar-refractivity contribution in [3.05, 3.63) is 110 Å². The number of carbonyl (C=O) groups excluding carboxylic acids is 1. The first-order valence-electron chi connectivity index (χ1n) is 9.84. The van der Waals surface area contributed by atoms with E-state index >= 15 is 0 Å². The SMILES string of the molecule is O=C(N/N=C\c1ccc(-c2ccc(Br)cc2)o1)c1ccc(OCc2ccc(Cl)cc2Cl)cc1. The van der Waals surface area contributed by atoms with E-state index in [1.54, 1.807) is 42.5 Å². The van der Waals surface area contributed by atoms with Gasteiger partial charge in [0.25, 0.3) is 5.91 Å². The van der Waals surface area contributed by atoms with E-state index in [-0.39, 0.29) is 12.5 Å². The number of hydrogen-bond donors (Lipinski definition) is 1. The molecule has 0 aliphatic heterocycles. The van der Waals surface area contributed by atoms with Crippen molar-refractivity contribution in [3.63, 3.8) is 0 Å². The molecule has 0 unspecified atom stereocenters. The van der Waals surface area contributed by atoms with Crippen LogP contribution in [0.4, 0.5) is 0 Å². The van der Waals surface area contributed by atoms with Crippen molar-refractivity contribution in [1.82, 2.24) is 5.43 Å². The van der Waals surface area contributed by atoms with Crippen molar-refractivity contribution in [1.29, 1.82) is 0 Å². The number of carbonyl (C=O) groups is 1. The van der Waals surface area contributed by atoms with Gasteiger partial charge in [0.15, 0.2) is 0 Å². The van der Waals surface area contributed by atoms with E-state index in [0.29, 0.717) is 32.9 Å². The fourth-order valence-electron chi connectivity index (χ4n) is 2.91. The molecule has 0 bridgehead atoms. The van der Waals surface area contributed by atoms with Gasteiger partial charge in [0.05, 0.1) is 6.21 Å². The molecule has 166 valence electrons. The Morgan fingerprint density at radius 1 is 1.00 bits per heavy atom. The normalized spacial score (nSPS) is 11.0. The molecule has 0 saturated heterocycles. The van der Waals surface area contributed by atoms with Crippen LogP contribution in [0.5, 0.6) is 5.75 Å². The predicted octanol–water partition coefficient (Wildman–Crippen LogP) is 7.36. The van der Waals surface area contributed by atoms with Gasteiger partial charge in [0.1, 0.15) is 23.9 Å². The lowest BCUT2D eigenvalue weighted by Gasteiger charge is -2.08. The van der Waals surface area contributed by atoms with Gasteiger partial charge in [-0.25, -0.2) is 5.43 Å². The third kappa shape index (κ3) is 6.26. The van der Waals surface area contributed by atoms with Gasteiger partial charge in [0, 0.05) is 31.2 Å². The van der Waals surface area contributed by atoms with Crippen LogP contribution in [0.25, 0.3) is 11.3 Å². The van der Waals surface area contributed by atoms with E-state index in [1.807, 2.05) is 36.4 Å². The lowest BCUT2D eigenvalue weighted by molar-refractivity contribution is 0.0955. The molecule has 3 aromatic carbocycles. The number of hydrazone groups is 1. The van der Waals surface area contributed by atoms with E-state index < -0.39 is 0 Å². The van der Waals surface area contributed by atoms with Crippen LogP contribution >= 0.6 is 39.1 Å². The molecule has 0 saturated carbocycles. The van der Waals surface area contributed by atoms with E-state index in [0.717, 1.165) is 15.6 Å². The highest BCUT2D eigenvalue weighted by atomic mass is 79.9. The topological polar surface area (TPSA) is 63.8 Å². The second-order valence-corrected chi connectivity index (χ2v) is 8.72. The fraction of sp³-hybridized carbons (Fsp3) is 0.0400. The molecule has 5 nitrogen and oxygen atoms in total. The zero-order chi connectivity index (χ0) is 23.2. The molecular weight excluding hydrogens is 527 g/mol. The van der Waals surface area contributed by atoms with Crippen molar-refractivity contribution < 1.29 is 13.9 Å². The van der Waals surface area contributed by atoms with Crippen LogP contribution in [0.15, 0.2) is 92.9 Å². The molecule has 0 fully saturated rings. The highest BCUT2D eigenvalue weighted by Gasteiger charge is 2.07. The van der Waals surface area contributed by atoms with E-state index in [1.165, 1.54) is 6.21 Å². The number of amides is 1. The first kappa shape index (κ1) is 23.1. The molecule has 0 atom stereocenters. The maximum Gasteiger partial charge on any atom is 0.271 e. The molecule has 4 rings (SSSR count). The number of nitrogens with zero attached hydrogens (tertiary/aromatic N) is 1. The molecule has 8 heteroatoms. The van der Waals surface area contributed by atoms with Crippen LogP contribution < -0.4 is 10.2 Å². The minimum atomic E-state index is -0.349. The lowest BCUT2D eigenvalue weighted by atomic mass is 10.2. The van der Waals surface area contributed by atoms with Crippen LogP contribution in [-0.2, 0) is 6.61 Å². The second kappa shape index (κ2) is 10.7. The second-order valence-electron chi connectivity index (χ2n) is 6.96. The number of halogens is 3. The Morgan fingerprint density at radius 3 is 2.48 bits per heavy atom. The van der Waals surface area contributed by atoms with Gasteiger partial charge >= 0.3 is 0 Å². The Hall–Kier alpha value is -3.06. The summed E-state index contributed by atoms with van der Waals surface area (Å²) in [6.45, 7) is 0.289. The maximum absolute atomic E-state index is 12.3. The third-order valence-electron chi connectivity index (χ3n) is 4.64. The van der Waals surface area contributed by atoms with Gasteiger partial charge in [-0.3, -0.25) is 4.79 Å². The predicted molar refractivity (Wildman–Crippen MR) is 134 cm³/mol. The quantitative estimate of drug-likeness (QED) is 0.195. The minimum absolute atomic E-state index is 0.289. The summed E-state index contributed by atoms with van der Waals surface area (Å²) in [5, 5.41) is 5.08. The van der Waals surface area contributed by atoms with Gasteiger partial charge in [-0.2, -0.15) is 5.10 Å². The first-order valence-corrected chi connectivity index (χ1v) is 11.4. The summed E-state index contributed by atoms with van der Waals surface area (Å²) in [6, 6.07) is 23.4. The van der Waals surface area contributed by atoms with E-state index in [9.17, 15) is 4.79 Å². The summed E-state index contributed by atoms with van der Waals surface area (Å²) >= 11 is 15.5. The monoisotopic (exact) mass is 542 g/mol. The molecule has 33 heavy (non-hydrogen) atoms. The van der Waals surface area contributed by atoms with Crippen molar-refractivity contribution in [2.75, 3.05) is 0 Å². The average Bonchev–Trinajstić information content (AvgIpc) is 3.28. The number of ether oxygens (including phenoxy) is 1. The molecule has 1 aromatic heterocycles. The fourth-order valence-corrected chi connectivity index (χ4v) is 3.64. The van der Waals surface area contributed by atoms with Crippen molar-refractivity contribution >= 4 is 51.3 Å². The van der Waals surface area contributed by atoms with E-state index in [2.05, 4.69) is 26.5 Å². The molecule has 0 aliphatic rings. The molecule has 1 N–H and O–H groups in total. The van der Waals surface area contributed by atoms with Crippen LogP contribution in [-0.4, -0.2) is 12.1 Å². The minimum Gasteiger partial charge on any atom is -0.489 e. The van der Waals surface area contributed by atoms with Crippen LogP contribution in [0.3, 0.4) is 0 Å². The zero-order valence-corrected chi connectivity index (χ0v) is 20.2. The molecule has 1 heterocycles. The van der Waals surface area contributed by atoms with Crippen molar-refractivity contribution in [2.24, 2.45) is 5.10 Å². The van der Waals surface area contributed by atoms with Gasteiger partial charge in [-0.05, 0) is 60.7 Å². The van der Waals surface area contributed by atoms with Crippen LogP contribution in [0.1, 0.15) is 21.7 Å². The average molecular weight is 544 g/mol. The highest BCUT2D eigenvalue weighted by molar-refractivity contribution is 9.10. The standard InChI is InChI=1S/C25H17BrCl2N2O3/c26-19-6-1-16(2-7-19)24-12-11-22(33-24)14-29-30-25(31)17-4-9-21(10-5-17)32-15-18-3-8-20(27)13-23(18)28/h1-14H,15H2,(H,30,31)/b29-14-. The summed E-state index contributed by atoms with van der Waals surface area (Å²) in [4.78, 5) is 12.3. The van der Waals surface area contributed by atoms with E-state index in [4.69, 9.17) is 32.4 Å². The molecule has 0 spiro atoms. The summed E-state index contributed by atoms with van der Waals surface area (Å²) in [6.07, 6.45) is 1.45. The molecule has 1 amide bonds. The Morgan fingerprint density at radius 2 is 1.76 bits per heavy atom. The summed E-state index contributed by atoms with van der Waals surface area (Å²) in [5.74, 6) is 1.50. The first-order chi connectivity index (χ1) is 16.0. The molecule has 4 aromatic rings. The highest BCUT2D eigenvalue weighted by Crippen LogP contribution is 2.24. The summed E-state index contributed by atoms with van der Waals surface area (Å²) in [5.41, 5.74) is 4.70. The summed E-state index contributed by atoms with van der Waals surface area (Å²) < 4.78 is 12.5. The van der Waals surface area contributed by atoms with Crippen LogP contribution in [0, 0.1) is 0 Å². The largest absolute Gasteiger partial charge is 0.489 e. The zero-order valence-electron chi connectivity index (χ0n) is 17.1. The Labute approximate surface area is 209 Å². The van der Waals surface area contributed by atoms with Crippen molar-refractivity contribution in [2.45, 2.75) is 6.61 Å². The van der Waals surface area contributed by atoms with Gasteiger partial charge in [-0.15, -0.1) is 0 Å². The number of furan rings is 1. The van der Waals surface area contributed by atoms with Crippen LogP contribution in [0.2, 0.25) is 10.0 Å². The Balaban J connectivity index is 1.30. The van der Waals surface area contributed by atoms with Crippen molar-refractivity contribution in [3.8, 4) is 17.1 Å². The summed E-state index contributed by atoms with van der Waals surface area (Å²) in [7, 11) is 0. The van der Waals surface area contributed by atoms with Gasteiger partial charge < -0.3 is 9.15 Å². The molecule has 0 radical (unpaired) electrons.